The molecule has 0 saturated carbocycles. The first-order valence-corrected chi connectivity index (χ1v) is 4.91. The molecule has 1 nitrogen and oxygen atoms in total. The number of rotatable bonds is 3. The summed E-state index contributed by atoms with van der Waals surface area (Å²) < 4.78 is 28.6. The van der Waals surface area contributed by atoms with E-state index in [1.54, 1.807) is 12.1 Å². The number of benzene rings is 1. The minimum atomic E-state index is -2.42. The first-order valence-electron chi connectivity index (χ1n) is 4.91. The fourth-order valence-electron chi connectivity index (χ4n) is 1.21. The summed E-state index contributed by atoms with van der Waals surface area (Å²) in [6.45, 7) is 5.75. The SMILES string of the molecule is CC(C)(C)c1ccc(OCC(F)F)cc1. The lowest BCUT2D eigenvalue weighted by atomic mass is 9.87. The molecule has 0 N–H and O–H groups in total. The van der Waals surface area contributed by atoms with Crippen molar-refractivity contribution in [2.45, 2.75) is 32.6 Å². The van der Waals surface area contributed by atoms with Crippen molar-refractivity contribution in [3.63, 3.8) is 0 Å². The maximum Gasteiger partial charge on any atom is 0.272 e. The Morgan fingerprint density at radius 2 is 1.67 bits per heavy atom. The van der Waals surface area contributed by atoms with Crippen LogP contribution in [0.3, 0.4) is 0 Å². The molecule has 0 amide bonds. The van der Waals surface area contributed by atoms with Gasteiger partial charge in [0.1, 0.15) is 12.4 Å². The molecule has 0 heterocycles. The molecule has 0 aromatic heterocycles. The zero-order valence-corrected chi connectivity index (χ0v) is 9.26. The standard InChI is InChI=1S/C12H16F2O/c1-12(2,3)9-4-6-10(7-5-9)15-8-11(13)14/h4-7,11H,8H2,1-3H3. The molecule has 0 aliphatic heterocycles. The third-order valence-corrected chi connectivity index (χ3v) is 2.10. The Morgan fingerprint density at radius 1 is 1.13 bits per heavy atom. The second-order valence-electron chi connectivity index (χ2n) is 4.48. The third kappa shape index (κ3) is 3.86. The van der Waals surface area contributed by atoms with Crippen LogP contribution in [-0.2, 0) is 5.41 Å². The zero-order chi connectivity index (χ0) is 11.5. The van der Waals surface area contributed by atoms with Crippen molar-refractivity contribution in [2.24, 2.45) is 0 Å². The van der Waals surface area contributed by atoms with Gasteiger partial charge in [-0.2, -0.15) is 0 Å². The molecule has 0 aliphatic carbocycles. The van der Waals surface area contributed by atoms with Gasteiger partial charge in [0.25, 0.3) is 6.43 Å². The van der Waals surface area contributed by atoms with Gasteiger partial charge in [-0.15, -0.1) is 0 Å². The van der Waals surface area contributed by atoms with E-state index in [1.807, 2.05) is 12.1 Å². The molecule has 84 valence electrons. The smallest absolute Gasteiger partial charge is 0.272 e. The highest BCUT2D eigenvalue weighted by atomic mass is 19.3. The minimum absolute atomic E-state index is 0.0707. The molecule has 0 spiro atoms. The Bertz CT molecular complexity index is 298. The van der Waals surface area contributed by atoms with Crippen molar-refractivity contribution in [3.05, 3.63) is 29.8 Å². The number of hydrogen-bond donors (Lipinski definition) is 0. The van der Waals surface area contributed by atoms with E-state index in [0.717, 1.165) is 5.56 Å². The van der Waals surface area contributed by atoms with Crippen LogP contribution in [0.4, 0.5) is 8.78 Å². The summed E-state index contributed by atoms with van der Waals surface area (Å²) in [5, 5.41) is 0. The summed E-state index contributed by atoms with van der Waals surface area (Å²) in [5.74, 6) is 0.489. The lowest BCUT2D eigenvalue weighted by molar-refractivity contribution is 0.0819. The second kappa shape index (κ2) is 4.60. The largest absolute Gasteiger partial charge is 0.488 e. The maximum atomic E-state index is 11.9. The van der Waals surface area contributed by atoms with Gasteiger partial charge in [0.05, 0.1) is 0 Å². The quantitative estimate of drug-likeness (QED) is 0.746. The molecule has 0 atom stereocenters. The van der Waals surface area contributed by atoms with Gasteiger partial charge in [-0.05, 0) is 23.1 Å². The lowest BCUT2D eigenvalue weighted by Gasteiger charge is -2.19. The molecule has 0 unspecified atom stereocenters. The van der Waals surface area contributed by atoms with E-state index in [0.29, 0.717) is 5.75 Å². The number of hydrogen-bond acceptors (Lipinski definition) is 1. The van der Waals surface area contributed by atoms with Gasteiger partial charge in [0.2, 0.25) is 0 Å². The van der Waals surface area contributed by atoms with Gasteiger partial charge < -0.3 is 4.74 Å². The highest BCUT2D eigenvalue weighted by molar-refractivity contribution is 5.31. The van der Waals surface area contributed by atoms with Gasteiger partial charge in [-0.25, -0.2) is 8.78 Å². The van der Waals surface area contributed by atoms with Crippen LogP contribution in [0.2, 0.25) is 0 Å². The van der Waals surface area contributed by atoms with E-state index >= 15 is 0 Å². The van der Waals surface area contributed by atoms with Crippen molar-refractivity contribution in [1.29, 1.82) is 0 Å². The monoisotopic (exact) mass is 214 g/mol. The summed E-state index contributed by atoms with van der Waals surface area (Å²) in [6.07, 6.45) is -2.42. The average Bonchev–Trinajstić information content (AvgIpc) is 2.14. The molecule has 0 radical (unpaired) electrons. The Morgan fingerprint density at radius 3 is 2.07 bits per heavy atom. The second-order valence-corrected chi connectivity index (χ2v) is 4.48. The normalized spacial score (nSPS) is 11.9. The van der Waals surface area contributed by atoms with Crippen LogP contribution in [0.1, 0.15) is 26.3 Å². The Hall–Kier alpha value is -1.12. The zero-order valence-electron chi connectivity index (χ0n) is 9.26. The fourth-order valence-corrected chi connectivity index (χ4v) is 1.21. The molecular formula is C12H16F2O. The predicted molar refractivity (Wildman–Crippen MR) is 56.6 cm³/mol. The molecule has 0 saturated heterocycles. The molecule has 1 aromatic rings. The Kier molecular flexibility index (Phi) is 3.66. The van der Waals surface area contributed by atoms with E-state index in [2.05, 4.69) is 20.8 Å². The van der Waals surface area contributed by atoms with Gasteiger partial charge >= 0.3 is 0 Å². The van der Waals surface area contributed by atoms with E-state index in [9.17, 15) is 8.78 Å². The Balaban J connectivity index is 2.65. The van der Waals surface area contributed by atoms with Crippen molar-refractivity contribution in [2.75, 3.05) is 6.61 Å². The van der Waals surface area contributed by atoms with Crippen LogP contribution in [0, 0.1) is 0 Å². The van der Waals surface area contributed by atoms with Crippen LogP contribution < -0.4 is 4.74 Å². The molecule has 1 aromatic carbocycles. The topological polar surface area (TPSA) is 9.23 Å². The molecule has 3 heteroatoms. The van der Waals surface area contributed by atoms with Crippen LogP contribution >= 0.6 is 0 Å². The van der Waals surface area contributed by atoms with Gasteiger partial charge in [-0.3, -0.25) is 0 Å². The molecule has 15 heavy (non-hydrogen) atoms. The van der Waals surface area contributed by atoms with Crippen LogP contribution in [-0.4, -0.2) is 13.0 Å². The van der Waals surface area contributed by atoms with Gasteiger partial charge in [-0.1, -0.05) is 32.9 Å². The fraction of sp³-hybridized carbons (Fsp3) is 0.500. The summed E-state index contributed by atoms with van der Waals surface area (Å²) in [5.41, 5.74) is 1.23. The maximum absolute atomic E-state index is 11.9. The predicted octanol–water partition coefficient (Wildman–Crippen LogP) is 3.63. The molecular weight excluding hydrogens is 198 g/mol. The minimum Gasteiger partial charge on any atom is -0.488 e. The first kappa shape index (κ1) is 12.0. The summed E-state index contributed by atoms with van der Waals surface area (Å²) in [4.78, 5) is 0. The molecule has 0 bridgehead atoms. The van der Waals surface area contributed by atoms with E-state index in [-0.39, 0.29) is 5.41 Å². The lowest BCUT2D eigenvalue weighted by Crippen LogP contribution is -2.11. The van der Waals surface area contributed by atoms with Gasteiger partial charge in [0.15, 0.2) is 0 Å². The third-order valence-electron chi connectivity index (χ3n) is 2.10. The first-order chi connectivity index (χ1) is 6.89. The van der Waals surface area contributed by atoms with E-state index in [1.165, 1.54) is 0 Å². The Labute approximate surface area is 89.1 Å². The summed E-state index contributed by atoms with van der Waals surface area (Å²) in [7, 11) is 0. The number of halogens is 2. The van der Waals surface area contributed by atoms with Crippen LogP contribution in [0.15, 0.2) is 24.3 Å². The average molecular weight is 214 g/mol. The molecule has 1 rings (SSSR count). The number of ether oxygens (including phenoxy) is 1. The number of alkyl halides is 2. The van der Waals surface area contributed by atoms with Gasteiger partial charge in [0, 0.05) is 0 Å². The summed E-state index contributed by atoms with van der Waals surface area (Å²) >= 11 is 0. The van der Waals surface area contributed by atoms with E-state index < -0.39 is 13.0 Å². The van der Waals surface area contributed by atoms with Crippen molar-refractivity contribution in [1.82, 2.24) is 0 Å². The molecule has 0 fully saturated rings. The highest BCUT2D eigenvalue weighted by Crippen LogP contribution is 2.24. The van der Waals surface area contributed by atoms with Crippen LogP contribution in [0.5, 0.6) is 5.75 Å². The molecule has 0 aliphatic rings. The van der Waals surface area contributed by atoms with Crippen molar-refractivity contribution < 1.29 is 13.5 Å². The van der Waals surface area contributed by atoms with Crippen molar-refractivity contribution in [3.8, 4) is 5.75 Å². The van der Waals surface area contributed by atoms with Crippen LogP contribution in [0.25, 0.3) is 0 Å². The highest BCUT2D eigenvalue weighted by Gasteiger charge is 2.13. The van der Waals surface area contributed by atoms with E-state index in [4.69, 9.17) is 4.74 Å². The van der Waals surface area contributed by atoms with Crippen molar-refractivity contribution >= 4 is 0 Å². The summed E-state index contributed by atoms with van der Waals surface area (Å²) in [6, 6.07) is 7.26.